The molecule has 1 heterocycles. The molecule has 2 aromatic rings. The molecule has 1 atom stereocenters. The quantitative estimate of drug-likeness (QED) is 0.917. The number of rotatable bonds is 4. The zero-order valence-corrected chi connectivity index (χ0v) is 11.2. The second kappa shape index (κ2) is 5.69. The van der Waals surface area contributed by atoms with E-state index < -0.39 is 0 Å². The van der Waals surface area contributed by atoms with Crippen molar-refractivity contribution in [1.29, 1.82) is 0 Å². The van der Waals surface area contributed by atoms with E-state index in [2.05, 4.69) is 5.32 Å². The van der Waals surface area contributed by atoms with Crippen molar-refractivity contribution in [3.8, 4) is 5.75 Å². The number of amides is 1. The van der Waals surface area contributed by atoms with Gasteiger partial charge in [0.05, 0.1) is 18.7 Å². The minimum atomic E-state index is -0.117. The molecule has 1 aromatic carbocycles. The van der Waals surface area contributed by atoms with E-state index in [0.717, 1.165) is 4.88 Å². The average molecular weight is 261 g/mol. The van der Waals surface area contributed by atoms with Gasteiger partial charge in [-0.15, -0.1) is 11.3 Å². The third-order valence-electron chi connectivity index (χ3n) is 2.67. The van der Waals surface area contributed by atoms with Crippen molar-refractivity contribution in [2.75, 3.05) is 7.11 Å². The number of ether oxygens (including phenoxy) is 1. The number of hydrogen-bond donors (Lipinski definition) is 1. The van der Waals surface area contributed by atoms with Crippen molar-refractivity contribution in [2.24, 2.45) is 0 Å². The lowest BCUT2D eigenvalue weighted by Crippen LogP contribution is -2.26. The molecule has 0 aliphatic heterocycles. The maximum atomic E-state index is 12.1. The highest BCUT2D eigenvalue weighted by molar-refractivity contribution is 7.10. The Morgan fingerprint density at radius 3 is 2.72 bits per heavy atom. The maximum Gasteiger partial charge on any atom is 0.255 e. The van der Waals surface area contributed by atoms with Crippen LogP contribution in [0.25, 0.3) is 0 Å². The normalized spacial score (nSPS) is 11.9. The summed E-state index contributed by atoms with van der Waals surface area (Å²) < 4.78 is 5.18. The second-order valence-electron chi connectivity index (χ2n) is 3.91. The molecule has 1 N–H and O–H groups in total. The molecule has 0 aliphatic carbocycles. The Bertz CT molecular complexity index is 522. The molecule has 0 aliphatic rings. The van der Waals surface area contributed by atoms with Crippen LogP contribution in [0.4, 0.5) is 0 Å². The molecule has 1 aromatic heterocycles. The van der Waals surface area contributed by atoms with Gasteiger partial charge < -0.3 is 10.1 Å². The molecule has 4 heteroatoms. The molecule has 1 unspecified atom stereocenters. The van der Waals surface area contributed by atoms with Crippen LogP contribution >= 0.6 is 11.3 Å². The summed E-state index contributed by atoms with van der Waals surface area (Å²) in [5.41, 5.74) is 0.559. The highest BCUT2D eigenvalue weighted by atomic mass is 32.1. The van der Waals surface area contributed by atoms with Gasteiger partial charge in [-0.2, -0.15) is 0 Å². The Morgan fingerprint density at radius 2 is 2.06 bits per heavy atom. The number of benzene rings is 1. The lowest BCUT2D eigenvalue weighted by molar-refractivity contribution is 0.0937. The molecule has 2 rings (SSSR count). The van der Waals surface area contributed by atoms with Gasteiger partial charge in [0, 0.05) is 4.88 Å². The lowest BCUT2D eigenvalue weighted by Gasteiger charge is -2.13. The van der Waals surface area contributed by atoms with Crippen LogP contribution in [0.2, 0.25) is 0 Å². The van der Waals surface area contributed by atoms with E-state index >= 15 is 0 Å². The number of thiophene rings is 1. The SMILES string of the molecule is COc1ccccc1C(=O)NC(C)c1cccs1. The summed E-state index contributed by atoms with van der Waals surface area (Å²) in [6, 6.07) is 11.2. The third-order valence-corrected chi connectivity index (χ3v) is 3.72. The first-order chi connectivity index (χ1) is 8.72. The molecule has 0 saturated carbocycles. The Morgan fingerprint density at radius 1 is 1.28 bits per heavy atom. The second-order valence-corrected chi connectivity index (χ2v) is 4.89. The van der Waals surface area contributed by atoms with Crippen LogP contribution in [0.5, 0.6) is 5.75 Å². The fourth-order valence-electron chi connectivity index (χ4n) is 1.72. The van der Waals surface area contributed by atoms with Gasteiger partial charge in [0.2, 0.25) is 0 Å². The van der Waals surface area contributed by atoms with Crippen molar-refractivity contribution in [3.63, 3.8) is 0 Å². The first-order valence-electron chi connectivity index (χ1n) is 5.69. The van der Waals surface area contributed by atoms with Crippen molar-refractivity contribution < 1.29 is 9.53 Å². The summed E-state index contributed by atoms with van der Waals surface area (Å²) in [6.45, 7) is 1.97. The summed E-state index contributed by atoms with van der Waals surface area (Å²) >= 11 is 1.63. The fraction of sp³-hybridized carbons (Fsp3) is 0.214. The zero-order valence-electron chi connectivity index (χ0n) is 10.3. The lowest BCUT2D eigenvalue weighted by atomic mass is 10.1. The minimum Gasteiger partial charge on any atom is -0.496 e. The van der Waals surface area contributed by atoms with Gasteiger partial charge in [0.25, 0.3) is 5.91 Å². The summed E-state index contributed by atoms with van der Waals surface area (Å²) in [7, 11) is 1.56. The van der Waals surface area contributed by atoms with Gasteiger partial charge >= 0.3 is 0 Å². The van der Waals surface area contributed by atoms with Crippen LogP contribution in [0.3, 0.4) is 0 Å². The fourth-order valence-corrected chi connectivity index (χ4v) is 2.45. The number of nitrogens with one attached hydrogen (secondary N) is 1. The Labute approximate surface area is 110 Å². The van der Waals surface area contributed by atoms with Crippen molar-refractivity contribution in [1.82, 2.24) is 5.32 Å². The van der Waals surface area contributed by atoms with Crippen LogP contribution in [-0.4, -0.2) is 13.0 Å². The predicted molar refractivity (Wildman–Crippen MR) is 73.2 cm³/mol. The van der Waals surface area contributed by atoms with E-state index in [1.807, 2.05) is 36.6 Å². The molecule has 0 fully saturated rings. The number of carbonyl (C=O) groups is 1. The van der Waals surface area contributed by atoms with Crippen molar-refractivity contribution in [3.05, 3.63) is 52.2 Å². The molecular formula is C14H15NO2S. The highest BCUT2D eigenvalue weighted by Crippen LogP contribution is 2.21. The van der Waals surface area contributed by atoms with Crippen LogP contribution < -0.4 is 10.1 Å². The van der Waals surface area contributed by atoms with Crippen LogP contribution in [0.15, 0.2) is 41.8 Å². The third kappa shape index (κ3) is 2.71. The van der Waals surface area contributed by atoms with Gasteiger partial charge in [0.1, 0.15) is 5.75 Å². The van der Waals surface area contributed by atoms with Gasteiger partial charge in [-0.3, -0.25) is 4.79 Å². The van der Waals surface area contributed by atoms with Crippen LogP contribution in [0, 0.1) is 0 Å². The van der Waals surface area contributed by atoms with Crippen molar-refractivity contribution in [2.45, 2.75) is 13.0 Å². The Balaban J connectivity index is 2.12. The van der Waals surface area contributed by atoms with Gasteiger partial charge in [-0.25, -0.2) is 0 Å². The summed E-state index contributed by atoms with van der Waals surface area (Å²) in [6.07, 6.45) is 0. The zero-order chi connectivity index (χ0) is 13.0. The molecule has 94 valence electrons. The van der Waals surface area contributed by atoms with Crippen LogP contribution in [-0.2, 0) is 0 Å². The Kier molecular flexibility index (Phi) is 3.99. The maximum absolute atomic E-state index is 12.1. The standard InChI is InChI=1S/C14H15NO2S/c1-10(13-8-5-9-18-13)15-14(16)11-6-3-4-7-12(11)17-2/h3-10H,1-2H3,(H,15,16). The van der Waals surface area contributed by atoms with Crippen LogP contribution in [0.1, 0.15) is 28.2 Å². The van der Waals surface area contributed by atoms with E-state index in [9.17, 15) is 4.79 Å². The molecular weight excluding hydrogens is 246 g/mol. The first kappa shape index (κ1) is 12.6. The van der Waals surface area contributed by atoms with E-state index in [-0.39, 0.29) is 11.9 Å². The van der Waals surface area contributed by atoms with E-state index in [0.29, 0.717) is 11.3 Å². The molecule has 18 heavy (non-hydrogen) atoms. The summed E-state index contributed by atoms with van der Waals surface area (Å²) in [4.78, 5) is 13.3. The van der Waals surface area contributed by atoms with Gasteiger partial charge in [0.15, 0.2) is 0 Å². The molecule has 1 amide bonds. The van der Waals surface area contributed by atoms with Crippen molar-refractivity contribution >= 4 is 17.2 Å². The minimum absolute atomic E-state index is 0.00223. The number of hydrogen-bond acceptors (Lipinski definition) is 3. The topological polar surface area (TPSA) is 38.3 Å². The summed E-state index contributed by atoms with van der Waals surface area (Å²) in [5, 5.41) is 4.97. The Hall–Kier alpha value is -1.81. The highest BCUT2D eigenvalue weighted by Gasteiger charge is 2.15. The average Bonchev–Trinajstić information content (AvgIpc) is 2.92. The first-order valence-corrected chi connectivity index (χ1v) is 6.57. The number of methoxy groups -OCH3 is 1. The molecule has 0 bridgehead atoms. The predicted octanol–water partition coefficient (Wildman–Crippen LogP) is 3.25. The van der Waals surface area contributed by atoms with E-state index in [4.69, 9.17) is 4.74 Å². The smallest absolute Gasteiger partial charge is 0.255 e. The number of carbonyl (C=O) groups excluding carboxylic acids is 1. The molecule has 0 radical (unpaired) electrons. The molecule has 0 saturated heterocycles. The van der Waals surface area contributed by atoms with Gasteiger partial charge in [-0.1, -0.05) is 18.2 Å². The molecule has 3 nitrogen and oxygen atoms in total. The number of para-hydroxylation sites is 1. The monoisotopic (exact) mass is 261 g/mol. The largest absolute Gasteiger partial charge is 0.496 e. The molecule has 0 spiro atoms. The van der Waals surface area contributed by atoms with E-state index in [1.54, 1.807) is 30.6 Å². The van der Waals surface area contributed by atoms with Gasteiger partial charge in [-0.05, 0) is 30.5 Å². The summed E-state index contributed by atoms with van der Waals surface area (Å²) in [5.74, 6) is 0.474. The van der Waals surface area contributed by atoms with E-state index in [1.165, 1.54) is 0 Å².